The molecule has 5 nitrogen and oxygen atoms in total. The normalized spacial score (nSPS) is 30.6. The number of nitrogens with zero attached hydrogens (tertiary/aromatic N) is 1. The molecule has 1 aromatic heterocycles. The Morgan fingerprint density at radius 2 is 2.53 bits per heavy atom. The molecule has 4 N–H and O–H groups in total. The molecule has 1 aliphatic rings. The van der Waals surface area contributed by atoms with E-state index in [-0.39, 0.29) is 5.25 Å². The second-order valence-corrected chi connectivity index (χ2v) is 5.05. The maximum Gasteiger partial charge on any atom is 0.255 e. The molecule has 0 aliphatic heterocycles. The van der Waals surface area contributed by atoms with Gasteiger partial charge in [-0.3, -0.25) is 4.79 Å². The summed E-state index contributed by atoms with van der Waals surface area (Å²) in [6.07, 6.45) is 5.23. The lowest BCUT2D eigenvalue weighted by Crippen LogP contribution is -2.50. The Morgan fingerprint density at radius 1 is 1.73 bits per heavy atom. The predicted octanol–water partition coefficient (Wildman–Crippen LogP) is 0.502. The first-order chi connectivity index (χ1) is 7.10. The van der Waals surface area contributed by atoms with E-state index in [2.05, 4.69) is 4.98 Å². The average Bonchev–Trinajstić information content (AvgIpc) is 2.77. The molecule has 1 heterocycles. The fourth-order valence-corrected chi connectivity index (χ4v) is 2.90. The summed E-state index contributed by atoms with van der Waals surface area (Å²) >= 11 is 1.51. The van der Waals surface area contributed by atoms with Crippen LogP contribution >= 0.6 is 11.8 Å². The van der Waals surface area contributed by atoms with Crippen LogP contribution in [-0.2, 0) is 4.79 Å². The molecular weight excluding hydrogens is 214 g/mol. The van der Waals surface area contributed by atoms with Crippen molar-refractivity contribution in [1.29, 1.82) is 0 Å². The van der Waals surface area contributed by atoms with Crippen LogP contribution in [0.4, 0.5) is 0 Å². The number of aromatic nitrogens is 1. The molecule has 0 aromatic carbocycles. The molecule has 15 heavy (non-hydrogen) atoms. The van der Waals surface area contributed by atoms with Gasteiger partial charge in [0, 0.05) is 5.25 Å². The molecule has 2 unspecified atom stereocenters. The molecule has 0 saturated heterocycles. The predicted molar refractivity (Wildman–Crippen MR) is 56.1 cm³/mol. The van der Waals surface area contributed by atoms with E-state index in [1.165, 1.54) is 18.0 Å². The number of carbonyl (C=O) groups is 1. The van der Waals surface area contributed by atoms with Gasteiger partial charge in [-0.25, -0.2) is 4.98 Å². The third-order valence-electron chi connectivity index (χ3n) is 2.67. The topological polar surface area (TPSA) is 95.1 Å². The van der Waals surface area contributed by atoms with Gasteiger partial charge in [0.2, 0.25) is 5.91 Å². The summed E-state index contributed by atoms with van der Waals surface area (Å²) in [5, 5.41) is 0.884. The average molecular weight is 227 g/mol. The molecule has 2 rings (SSSR count). The van der Waals surface area contributed by atoms with Crippen LogP contribution in [0.2, 0.25) is 0 Å². The molecule has 0 radical (unpaired) electrons. The Balaban J connectivity index is 1.96. The molecule has 2 atom stereocenters. The minimum absolute atomic E-state index is 0.265. The zero-order valence-corrected chi connectivity index (χ0v) is 9.00. The van der Waals surface area contributed by atoms with E-state index in [1.807, 2.05) is 0 Å². The minimum atomic E-state index is -0.843. The van der Waals surface area contributed by atoms with Gasteiger partial charge in [-0.2, -0.15) is 0 Å². The van der Waals surface area contributed by atoms with Crippen LogP contribution in [0.1, 0.15) is 19.3 Å². The maximum absolute atomic E-state index is 11.1. The summed E-state index contributed by atoms with van der Waals surface area (Å²) in [5.74, 6) is -0.419. The largest absolute Gasteiger partial charge is 0.440 e. The van der Waals surface area contributed by atoms with E-state index in [0.717, 1.165) is 6.42 Å². The first-order valence-electron chi connectivity index (χ1n) is 4.75. The Hall–Kier alpha value is -1.01. The van der Waals surface area contributed by atoms with Crippen molar-refractivity contribution in [3.63, 3.8) is 0 Å². The SMILES string of the molecule is NC(=O)C1(N)CCC(Sc2ncco2)C1. The Bertz CT molecular complexity index is 354. The number of rotatable bonds is 3. The lowest BCUT2D eigenvalue weighted by Gasteiger charge is -2.18. The number of oxazole rings is 1. The van der Waals surface area contributed by atoms with Gasteiger partial charge in [-0.1, -0.05) is 11.8 Å². The molecule has 0 bridgehead atoms. The summed E-state index contributed by atoms with van der Waals surface area (Å²) in [6.45, 7) is 0. The molecule has 1 aliphatic carbocycles. The number of hydrogen-bond acceptors (Lipinski definition) is 5. The number of carbonyl (C=O) groups excluding carboxylic acids is 1. The van der Waals surface area contributed by atoms with Crippen LogP contribution in [0.25, 0.3) is 0 Å². The van der Waals surface area contributed by atoms with Gasteiger partial charge < -0.3 is 15.9 Å². The van der Waals surface area contributed by atoms with E-state index in [4.69, 9.17) is 15.9 Å². The van der Waals surface area contributed by atoms with Crippen molar-refractivity contribution in [1.82, 2.24) is 4.98 Å². The second-order valence-electron chi connectivity index (χ2n) is 3.80. The monoisotopic (exact) mass is 227 g/mol. The highest BCUT2D eigenvalue weighted by Gasteiger charge is 2.41. The third kappa shape index (κ3) is 2.15. The molecule has 0 spiro atoms. The number of thioether (sulfide) groups is 1. The summed E-state index contributed by atoms with van der Waals surface area (Å²) in [5.41, 5.74) is 10.3. The molecule has 1 saturated carbocycles. The van der Waals surface area contributed by atoms with Crippen molar-refractivity contribution in [3.8, 4) is 0 Å². The first-order valence-corrected chi connectivity index (χ1v) is 5.63. The van der Waals surface area contributed by atoms with Crippen molar-refractivity contribution in [2.75, 3.05) is 0 Å². The lowest BCUT2D eigenvalue weighted by molar-refractivity contribution is -0.122. The van der Waals surface area contributed by atoms with Crippen molar-refractivity contribution in [2.45, 2.75) is 35.3 Å². The van der Waals surface area contributed by atoms with Gasteiger partial charge in [0.15, 0.2) is 0 Å². The van der Waals surface area contributed by atoms with Gasteiger partial charge in [-0.05, 0) is 19.3 Å². The summed E-state index contributed by atoms with van der Waals surface area (Å²) in [4.78, 5) is 15.1. The maximum atomic E-state index is 11.1. The highest BCUT2D eigenvalue weighted by molar-refractivity contribution is 7.99. The molecule has 1 aromatic rings. The standard InChI is InChI=1S/C9H13N3O2S/c10-7(13)9(11)2-1-6(5-9)15-8-12-3-4-14-8/h3-4,6H,1-2,5,11H2,(H2,10,13). The van der Waals surface area contributed by atoms with Gasteiger partial charge in [-0.15, -0.1) is 0 Å². The lowest BCUT2D eigenvalue weighted by atomic mass is 9.99. The van der Waals surface area contributed by atoms with Crippen molar-refractivity contribution >= 4 is 17.7 Å². The zero-order chi connectivity index (χ0) is 10.9. The molecule has 6 heteroatoms. The van der Waals surface area contributed by atoms with E-state index in [0.29, 0.717) is 18.1 Å². The van der Waals surface area contributed by atoms with Gasteiger partial charge in [0.05, 0.1) is 11.7 Å². The van der Waals surface area contributed by atoms with Crippen LogP contribution in [0.5, 0.6) is 0 Å². The van der Waals surface area contributed by atoms with Crippen LogP contribution < -0.4 is 11.5 Å². The van der Waals surface area contributed by atoms with E-state index in [1.54, 1.807) is 6.20 Å². The third-order valence-corrected chi connectivity index (χ3v) is 3.81. The Labute approximate surface area is 91.6 Å². The molecular formula is C9H13N3O2S. The zero-order valence-electron chi connectivity index (χ0n) is 8.18. The second kappa shape index (κ2) is 3.86. The van der Waals surface area contributed by atoms with Crippen molar-refractivity contribution < 1.29 is 9.21 Å². The highest BCUT2D eigenvalue weighted by atomic mass is 32.2. The number of amides is 1. The van der Waals surface area contributed by atoms with Crippen LogP contribution in [0.15, 0.2) is 22.1 Å². The molecule has 82 valence electrons. The number of nitrogens with two attached hydrogens (primary N) is 2. The fourth-order valence-electron chi connectivity index (χ4n) is 1.76. The van der Waals surface area contributed by atoms with Crippen LogP contribution in [0, 0.1) is 0 Å². The Kier molecular flexibility index (Phi) is 2.70. The van der Waals surface area contributed by atoms with E-state index in [9.17, 15) is 4.79 Å². The molecule has 1 amide bonds. The fraction of sp³-hybridized carbons (Fsp3) is 0.556. The van der Waals surface area contributed by atoms with Gasteiger partial charge >= 0.3 is 0 Å². The summed E-state index contributed by atoms with van der Waals surface area (Å²) in [7, 11) is 0. The smallest absolute Gasteiger partial charge is 0.255 e. The van der Waals surface area contributed by atoms with Crippen molar-refractivity contribution in [2.24, 2.45) is 11.5 Å². The van der Waals surface area contributed by atoms with E-state index < -0.39 is 11.4 Å². The van der Waals surface area contributed by atoms with Crippen LogP contribution in [0.3, 0.4) is 0 Å². The highest BCUT2D eigenvalue weighted by Crippen LogP contribution is 2.38. The van der Waals surface area contributed by atoms with Gasteiger partial charge in [0.25, 0.3) is 5.22 Å². The van der Waals surface area contributed by atoms with Crippen LogP contribution in [-0.4, -0.2) is 21.7 Å². The first kappa shape index (κ1) is 10.5. The summed E-state index contributed by atoms with van der Waals surface area (Å²) < 4.78 is 5.12. The minimum Gasteiger partial charge on any atom is -0.440 e. The summed E-state index contributed by atoms with van der Waals surface area (Å²) in [6, 6.07) is 0. The van der Waals surface area contributed by atoms with Gasteiger partial charge in [0.1, 0.15) is 6.26 Å². The number of hydrogen-bond donors (Lipinski definition) is 2. The number of primary amides is 1. The molecule has 1 fully saturated rings. The Morgan fingerprint density at radius 3 is 3.07 bits per heavy atom. The van der Waals surface area contributed by atoms with E-state index >= 15 is 0 Å². The quantitative estimate of drug-likeness (QED) is 0.784. The van der Waals surface area contributed by atoms with Crippen molar-refractivity contribution in [3.05, 3.63) is 12.5 Å².